The first-order chi connectivity index (χ1) is 7.70. The molecule has 0 bridgehead atoms. The van der Waals surface area contributed by atoms with Gasteiger partial charge < -0.3 is 4.74 Å². The summed E-state index contributed by atoms with van der Waals surface area (Å²) in [5.74, 6) is 0.140. The van der Waals surface area contributed by atoms with Crippen molar-refractivity contribution >= 4 is 5.78 Å². The number of rotatable bonds is 4. The van der Waals surface area contributed by atoms with Crippen LogP contribution in [0.1, 0.15) is 41.8 Å². The largest absolute Gasteiger partial charge is 0.378 e. The van der Waals surface area contributed by atoms with Crippen molar-refractivity contribution in [2.45, 2.75) is 39.2 Å². The highest BCUT2D eigenvalue weighted by atomic mass is 16.5. The average molecular weight is 218 g/mol. The molecule has 1 aliphatic rings. The molecule has 1 aromatic carbocycles. The summed E-state index contributed by atoms with van der Waals surface area (Å²) in [7, 11) is 0. The van der Waals surface area contributed by atoms with Crippen LogP contribution in [0.4, 0.5) is 0 Å². The number of carbonyl (C=O) groups excluding carboxylic acids is 1. The molecule has 1 aliphatic carbocycles. The van der Waals surface area contributed by atoms with E-state index in [1.807, 2.05) is 12.1 Å². The van der Waals surface area contributed by atoms with Crippen LogP contribution < -0.4 is 0 Å². The maximum atomic E-state index is 11.3. The van der Waals surface area contributed by atoms with Gasteiger partial charge in [0.05, 0.1) is 6.10 Å². The van der Waals surface area contributed by atoms with E-state index in [-0.39, 0.29) is 5.78 Å². The summed E-state index contributed by atoms with van der Waals surface area (Å²) in [4.78, 5) is 11.3. The zero-order chi connectivity index (χ0) is 11.5. The van der Waals surface area contributed by atoms with Gasteiger partial charge in [-0.05, 0) is 43.4 Å². The molecule has 1 unspecified atom stereocenters. The summed E-state index contributed by atoms with van der Waals surface area (Å²) < 4.78 is 5.75. The SMILES string of the molecule is CCCOC1Cc2ccc(C(C)=O)cc2C1. The maximum Gasteiger partial charge on any atom is 0.159 e. The number of ketones is 1. The van der Waals surface area contributed by atoms with Gasteiger partial charge in [0.15, 0.2) is 5.78 Å². The molecule has 1 atom stereocenters. The van der Waals surface area contributed by atoms with Gasteiger partial charge in [0.2, 0.25) is 0 Å². The second-order valence-electron chi connectivity index (χ2n) is 4.44. The lowest BCUT2D eigenvalue weighted by Crippen LogP contribution is -2.12. The van der Waals surface area contributed by atoms with Gasteiger partial charge in [-0.15, -0.1) is 0 Å². The monoisotopic (exact) mass is 218 g/mol. The van der Waals surface area contributed by atoms with Crippen LogP contribution in [0.3, 0.4) is 0 Å². The quantitative estimate of drug-likeness (QED) is 0.726. The predicted molar refractivity (Wildman–Crippen MR) is 63.9 cm³/mol. The smallest absolute Gasteiger partial charge is 0.159 e. The van der Waals surface area contributed by atoms with Crippen molar-refractivity contribution in [1.82, 2.24) is 0 Å². The Morgan fingerprint density at radius 1 is 1.38 bits per heavy atom. The number of benzene rings is 1. The van der Waals surface area contributed by atoms with Crippen molar-refractivity contribution in [2.75, 3.05) is 6.61 Å². The Balaban J connectivity index is 2.09. The normalized spacial score (nSPS) is 18.5. The minimum Gasteiger partial charge on any atom is -0.378 e. The van der Waals surface area contributed by atoms with Crippen molar-refractivity contribution in [3.05, 3.63) is 34.9 Å². The summed E-state index contributed by atoms with van der Waals surface area (Å²) >= 11 is 0. The van der Waals surface area contributed by atoms with Gasteiger partial charge in [-0.1, -0.05) is 19.1 Å². The Hall–Kier alpha value is -1.15. The lowest BCUT2D eigenvalue weighted by Gasteiger charge is -2.09. The van der Waals surface area contributed by atoms with Crippen LogP contribution in [0, 0.1) is 0 Å². The molecule has 0 radical (unpaired) electrons. The number of ether oxygens (including phenoxy) is 1. The number of fused-ring (bicyclic) bond motifs is 1. The summed E-state index contributed by atoms with van der Waals surface area (Å²) in [6.07, 6.45) is 3.33. The van der Waals surface area contributed by atoms with E-state index in [2.05, 4.69) is 13.0 Å². The van der Waals surface area contributed by atoms with E-state index in [1.54, 1.807) is 6.92 Å². The van der Waals surface area contributed by atoms with Crippen molar-refractivity contribution in [3.8, 4) is 0 Å². The minimum absolute atomic E-state index is 0.140. The Morgan fingerprint density at radius 3 is 2.81 bits per heavy atom. The fraction of sp³-hybridized carbons (Fsp3) is 0.500. The third kappa shape index (κ3) is 2.33. The van der Waals surface area contributed by atoms with E-state index < -0.39 is 0 Å². The standard InChI is InChI=1S/C14H18O2/c1-3-6-16-14-8-12-5-4-11(10(2)15)7-13(12)9-14/h4-5,7,14H,3,6,8-9H2,1-2H3. The van der Waals surface area contributed by atoms with E-state index in [0.717, 1.165) is 31.4 Å². The van der Waals surface area contributed by atoms with E-state index in [0.29, 0.717) is 6.10 Å². The molecule has 2 heteroatoms. The minimum atomic E-state index is 0.140. The summed E-state index contributed by atoms with van der Waals surface area (Å²) in [5.41, 5.74) is 3.44. The topological polar surface area (TPSA) is 26.3 Å². The highest BCUT2D eigenvalue weighted by Gasteiger charge is 2.22. The molecule has 0 saturated heterocycles. The van der Waals surface area contributed by atoms with Gasteiger partial charge >= 0.3 is 0 Å². The zero-order valence-electron chi connectivity index (χ0n) is 9.95. The van der Waals surface area contributed by atoms with Crippen LogP contribution in [0.2, 0.25) is 0 Å². The van der Waals surface area contributed by atoms with Crippen molar-refractivity contribution in [1.29, 1.82) is 0 Å². The van der Waals surface area contributed by atoms with Crippen LogP contribution in [0.25, 0.3) is 0 Å². The van der Waals surface area contributed by atoms with E-state index in [1.165, 1.54) is 11.1 Å². The van der Waals surface area contributed by atoms with Crippen LogP contribution in [-0.2, 0) is 17.6 Å². The van der Waals surface area contributed by atoms with Gasteiger partial charge in [-0.2, -0.15) is 0 Å². The average Bonchev–Trinajstić information content (AvgIpc) is 2.67. The Bertz CT molecular complexity index is 396. The highest BCUT2D eigenvalue weighted by Crippen LogP contribution is 2.25. The maximum absolute atomic E-state index is 11.3. The molecule has 1 aromatic rings. The molecule has 0 heterocycles. The fourth-order valence-electron chi connectivity index (χ4n) is 2.20. The zero-order valence-corrected chi connectivity index (χ0v) is 9.95. The van der Waals surface area contributed by atoms with E-state index >= 15 is 0 Å². The first-order valence-electron chi connectivity index (χ1n) is 5.95. The second-order valence-corrected chi connectivity index (χ2v) is 4.44. The molecule has 2 rings (SSSR count). The first-order valence-corrected chi connectivity index (χ1v) is 5.95. The summed E-state index contributed by atoms with van der Waals surface area (Å²) in [6.45, 7) is 4.57. The fourth-order valence-corrected chi connectivity index (χ4v) is 2.20. The molecule has 86 valence electrons. The molecule has 0 N–H and O–H groups in total. The molecular weight excluding hydrogens is 200 g/mol. The van der Waals surface area contributed by atoms with Gasteiger partial charge in [0.25, 0.3) is 0 Å². The van der Waals surface area contributed by atoms with Crippen LogP contribution in [-0.4, -0.2) is 18.5 Å². The second kappa shape index (κ2) is 4.79. The van der Waals surface area contributed by atoms with Gasteiger partial charge in [-0.25, -0.2) is 0 Å². The van der Waals surface area contributed by atoms with Crippen LogP contribution in [0.15, 0.2) is 18.2 Å². The van der Waals surface area contributed by atoms with Crippen LogP contribution in [0.5, 0.6) is 0 Å². The molecule has 0 amide bonds. The van der Waals surface area contributed by atoms with Gasteiger partial charge in [-0.3, -0.25) is 4.79 Å². The third-order valence-corrected chi connectivity index (χ3v) is 3.07. The van der Waals surface area contributed by atoms with Crippen LogP contribution >= 0.6 is 0 Å². The number of Topliss-reactive ketones (excluding diaryl/α,β-unsaturated/α-hetero) is 1. The Kier molecular flexibility index (Phi) is 3.39. The molecule has 0 spiro atoms. The van der Waals surface area contributed by atoms with Crippen molar-refractivity contribution < 1.29 is 9.53 Å². The highest BCUT2D eigenvalue weighted by molar-refractivity contribution is 5.94. The van der Waals surface area contributed by atoms with Crippen molar-refractivity contribution in [2.24, 2.45) is 0 Å². The molecule has 0 saturated carbocycles. The molecular formula is C14H18O2. The Morgan fingerprint density at radius 2 is 2.12 bits per heavy atom. The molecule has 0 fully saturated rings. The Labute approximate surface area is 96.6 Å². The molecule has 16 heavy (non-hydrogen) atoms. The molecule has 0 aliphatic heterocycles. The van der Waals surface area contributed by atoms with Gasteiger partial charge in [0.1, 0.15) is 0 Å². The van der Waals surface area contributed by atoms with E-state index in [9.17, 15) is 4.79 Å². The predicted octanol–water partition coefficient (Wildman–Crippen LogP) is 2.78. The number of carbonyl (C=O) groups is 1. The number of hydrogen-bond acceptors (Lipinski definition) is 2. The summed E-state index contributed by atoms with van der Waals surface area (Å²) in [6, 6.07) is 6.01. The molecule has 0 aromatic heterocycles. The lowest BCUT2D eigenvalue weighted by molar-refractivity contribution is 0.0612. The number of hydrogen-bond donors (Lipinski definition) is 0. The summed E-state index contributed by atoms with van der Waals surface area (Å²) in [5, 5.41) is 0. The lowest BCUT2D eigenvalue weighted by atomic mass is 10.0. The van der Waals surface area contributed by atoms with Gasteiger partial charge in [0, 0.05) is 12.2 Å². The molecule has 2 nitrogen and oxygen atoms in total. The van der Waals surface area contributed by atoms with E-state index in [4.69, 9.17) is 4.74 Å². The third-order valence-electron chi connectivity index (χ3n) is 3.07. The first kappa shape index (κ1) is 11.3. The van der Waals surface area contributed by atoms with Crippen molar-refractivity contribution in [3.63, 3.8) is 0 Å².